The normalized spacial score (nSPS) is 18.3. The van der Waals surface area contributed by atoms with Crippen LogP contribution in [0.4, 0.5) is 0 Å². The van der Waals surface area contributed by atoms with E-state index >= 15 is 0 Å². The van der Waals surface area contributed by atoms with Gasteiger partial charge >= 0.3 is 0 Å². The van der Waals surface area contributed by atoms with Gasteiger partial charge in [0.1, 0.15) is 0 Å². The molecular formula is C15H22N6O2. The van der Waals surface area contributed by atoms with Gasteiger partial charge in [-0.25, -0.2) is 0 Å². The summed E-state index contributed by atoms with van der Waals surface area (Å²) in [7, 11) is 0. The Labute approximate surface area is 134 Å². The second-order valence-electron chi connectivity index (χ2n) is 5.84. The Kier molecular flexibility index (Phi) is 4.71. The van der Waals surface area contributed by atoms with Crippen molar-refractivity contribution in [2.75, 3.05) is 19.8 Å². The molecule has 0 aromatic carbocycles. The number of carbonyl (C=O) groups is 1. The topological polar surface area (TPSA) is 99.8 Å². The summed E-state index contributed by atoms with van der Waals surface area (Å²) in [6, 6.07) is -0.0537. The average molecular weight is 318 g/mol. The third kappa shape index (κ3) is 3.42. The van der Waals surface area contributed by atoms with Crippen molar-refractivity contribution in [3.05, 3.63) is 28.8 Å². The van der Waals surface area contributed by atoms with Gasteiger partial charge in [0.15, 0.2) is 0 Å². The molecule has 0 saturated carbocycles. The molecule has 1 fully saturated rings. The van der Waals surface area contributed by atoms with Crippen LogP contribution in [0, 0.1) is 13.8 Å². The van der Waals surface area contributed by atoms with Crippen molar-refractivity contribution in [3.63, 3.8) is 0 Å². The van der Waals surface area contributed by atoms with Crippen LogP contribution in [0.15, 0.2) is 6.20 Å². The van der Waals surface area contributed by atoms with Crippen molar-refractivity contribution in [1.82, 2.24) is 30.5 Å². The lowest BCUT2D eigenvalue weighted by atomic mass is 10.0. The number of aryl methyl sites for hydroxylation is 3. The number of H-pyrrole nitrogens is 2. The highest BCUT2D eigenvalue weighted by Gasteiger charge is 2.31. The molecule has 1 aliphatic rings. The molecule has 8 nitrogen and oxygen atoms in total. The zero-order chi connectivity index (χ0) is 16.2. The predicted octanol–water partition coefficient (Wildman–Crippen LogP) is 1.07. The number of carbonyl (C=O) groups excluding carboxylic acids is 1. The van der Waals surface area contributed by atoms with E-state index in [1.54, 1.807) is 6.20 Å². The standard InChI is InChI=1S/C15H22N6O2/c1-10-15(11(2)18-17-10)13-9-23-7-6-21(13)14(22)5-3-4-12-8-16-20-19-12/h8,13H,3-7,9H2,1-2H3,(H,17,18)(H,16,19,20). The number of aromatic nitrogens is 5. The number of nitrogens with zero attached hydrogens (tertiary/aromatic N) is 4. The molecule has 1 saturated heterocycles. The highest BCUT2D eigenvalue weighted by Crippen LogP contribution is 2.29. The van der Waals surface area contributed by atoms with Gasteiger partial charge in [0.05, 0.1) is 36.8 Å². The van der Waals surface area contributed by atoms with Gasteiger partial charge in [-0.15, -0.1) is 0 Å². The highest BCUT2D eigenvalue weighted by atomic mass is 16.5. The van der Waals surface area contributed by atoms with Crippen LogP contribution in [0.2, 0.25) is 0 Å². The van der Waals surface area contributed by atoms with Gasteiger partial charge in [0.2, 0.25) is 5.91 Å². The summed E-state index contributed by atoms with van der Waals surface area (Å²) in [5, 5.41) is 17.6. The van der Waals surface area contributed by atoms with Crippen LogP contribution in [0.1, 0.15) is 41.5 Å². The molecule has 3 heterocycles. The Balaban J connectivity index is 1.65. The van der Waals surface area contributed by atoms with Crippen molar-refractivity contribution in [2.45, 2.75) is 39.2 Å². The minimum atomic E-state index is -0.0537. The van der Waals surface area contributed by atoms with E-state index in [1.807, 2.05) is 18.7 Å². The Bertz CT molecular complexity index is 631. The summed E-state index contributed by atoms with van der Waals surface area (Å²) < 4.78 is 5.60. The molecule has 1 atom stereocenters. The Morgan fingerprint density at radius 3 is 3.00 bits per heavy atom. The first-order valence-corrected chi connectivity index (χ1v) is 7.90. The molecule has 2 aromatic heterocycles. The maximum atomic E-state index is 12.7. The van der Waals surface area contributed by atoms with Crippen LogP contribution in [0.3, 0.4) is 0 Å². The van der Waals surface area contributed by atoms with E-state index in [2.05, 4.69) is 25.6 Å². The summed E-state index contributed by atoms with van der Waals surface area (Å²) in [5.41, 5.74) is 3.89. The molecule has 0 bridgehead atoms. The summed E-state index contributed by atoms with van der Waals surface area (Å²) in [5.74, 6) is 0.154. The van der Waals surface area contributed by atoms with Crippen LogP contribution >= 0.6 is 0 Å². The fourth-order valence-corrected chi connectivity index (χ4v) is 3.10. The Hall–Kier alpha value is -2.22. The summed E-state index contributed by atoms with van der Waals surface area (Å²) in [6.07, 6.45) is 3.71. The third-order valence-electron chi connectivity index (χ3n) is 4.26. The Morgan fingerprint density at radius 2 is 2.30 bits per heavy atom. The van der Waals surface area contributed by atoms with E-state index in [0.717, 1.165) is 35.5 Å². The number of hydrogen-bond donors (Lipinski definition) is 2. The average Bonchev–Trinajstić information content (AvgIpc) is 3.17. The smallest absolute Gasteiger partial charge is 0.223 e. The molecule has 2 aromatic rings. The van der Waals surface area contributed by atoms with Gasteiger partial charge < -0.3 is 9.64 Å². The first-order valence-electron chi connectivity index (χ1n) is 7.90. The van der Waals surface area contributed by atoms with Gasteiger partial charge in [-0.1, -0.05) is 0 Å². The summed E-state index contributed by atoms with van der Waals surface area (Å²) in [4.78, 5) is 14.6. The van der Waals surface area contributed by atoms with Gasteiger partial charge in [-0.2, -0.15) is 20.5 Å². The number of morpholine rings is 1. The van der Waals surface area contributed by atoms with Gasteiger partial charge in [0, 0.05) is 24.2 Å². The van der Waals surface area contributed by atoms with Crippen LogP contribution in [0.25, 0.3) is 0 Å². The van der Waals surface area contributed by atoms with Gasteiger partial charge in [-0.05, 0) is 26.7 Å². The fourth-order valence-electron chi connectivity index (χ4n) is 3.10. The maximum Gasteiger partial charge on any atom is 0.223 e. The second kappa shape index (κ2) is 6.91. The lowest BCUT2D eigenvalue weighted by Gasteiger charge is -2.36. The maximum absolute atomic E-state index is 12.7. The second-order valence-corrected chi connectivity index (χ2v) is 5.84. The lowest BCUT2D eigenvalue weighted by molar-refractivity contribution is -0.140. The molecule has 0 radical (unpaired) electrons. The van der Waals surface area contributed by atoms with E-state index in [-0.39, 0.29) is 11.9 Å². The number of rotatable bonds is 5. The largest absolute Gasteiger partial charge is 0.377 e. The summed E-state index contributed by atoms with van der Waals surface area (Å²) in [6.45, 7) is 5.67. The molecule has 3 rings (SSSR count). The van der Waals surface area contributed by atoms with E-state index in [1.165, 1.54) is 0 Å². The van der Waals surface area contributed by atoms with Crippen molar-refractivity contribution < 1.29 is 9.53 Å². The van der Waals surface area contributed by atoms with Crippen LogP contribution < -0.4 is 0 Å². The zero-order valence-corrected chi connectivity index (χ0v) is 13.5. The lowest BCUT2D eigenvalue weighted by Crippen LogP contribution is -2.43. The molecule has 23 heavy (non-hydrogen) atoms. The van der Waals surface area contributed by atoms with E-state index in [0.29, 0.717) is 26.2 Å². The van der Waals surface area contributed by atoms with Crippen LogP contribution in [-0.2, 0) is 16.0 Å². The number of amides is 1. The van der Waals surface area contributed by atoms with E-state index in [4.69, 9.17) is 4.74 Å². The van der Waals surface area contributed by atoms with Gasteiger partial charge in [-0.3, -0.25) is 9.89 Å². The number of ether oxygens (including phenoxy) is 1. The molecule has 2 N–H and O–H groups in total. The molecule has 124 valence electrons. The molecule has 1 aliphatic heterocycles. The number of nitrogens with one attached hydrogen (secondary N) is 2. The highest BCUT2D eigenvalue weighted by molar-refractivity contribution is 5.77. The molecule has 1 amide bonds. The van der Waals surface area contributed by atoms with Crippen molar-refractivity contribution >= 4 is 5.91 Å². The van der Waals surface area contributed by atoms with Gasteiger partial charge in [0.25, 0.3) is 0 Å². The van der Waals surface area contributed by atoms with E-state index in [9.17, 15) is 4.79 Å². The van der Waals surface area contributed by atoms with Crippen molar-refractivity contribution in [3.8, 4) is 0 Å². The molecule has 0 spiro atoms. The van der Waals surface area contributed by atoms with Crippen LogP contribution in [-0.4, -0.2) is 56.2 Å². The van der Waals surface area contributed by atoms with Crippen molar-refractivity contribution in [2.24, 2.45) is 0 Å². The molecule has 8 heteroatoms. The monoisotopic (exact) mass is 318 g/mol. The summed E-state index contributed by atoms with van der Waals surface area (Å²) >= 11 is 0. The van der Waals surface area contributed by atoms with E-state index < -0.39 is 0 Å². The molecular weight excluding hydrogens is 296 g/mol. The quantitative estimate of drug-likeness (QED) is 0.859. The third-order valence-corrected chi connectivity index (χ3v) is 4.26. The molecule has 1 unspecified atom stereocenters. The first-order chi connectivity index (χ1) is 11.2. The number of aromatic amines is 2. The first kappa shape index (κ1) is 15.7. The minimum absolute atomic E-state index is 0.0537. The zero-order valence-electron chi connectivity index (χ0n) is 13.5. The minimum Gasteiger partial charge on any atom is -0.377 e. The van der Waals surface area contributed by atoms with Crippen LogP contribution in [0.5, 0.6) is 0 Å². The SMILES string of the molecule is Cc1n[nH]c(C)c1C1COCCN1C(=O)CCCc1cn[nH]n1. The molecule has 0 aliphatic carbocycles. The van der Waals surface area contributed by atoms with Crippen molar-refractivity contribution in [1.29, 1.82) is 0 Å². The Morgan fingerprint density at radius 1 is 1.43 bits per heavy atom. The fraction of sp³-hybridized carbons (Fsp3) is 0.600. The predicted molar refractivity (Wildman–Crippen MR) is 82.7 cm³/mol. The number of hydrogen-bond acceptors (Lipinski definition) is 5.